The maximum Gasteiger partial charge on any atom is 0.261 e. The zero-order chi connectivity index (χ0) is 19.2. The first-order chi connectivity index (χ1) is 13.8. The highest BCUT2D eigenvalue weighted by Crippen LogP contribution is 2.28. The van der Waals surface area contributed by atoms with Gasteiger partial charge < -0.3 is 5.32 Å². The van der Waals surface area contributed by atoms with Crippen LogP contribution in [0.3, 0.4) is 0 Å². The third-order valence-electron chi connectivity index (χ3n) is 6.22. The first-order valence-electron chi connectivity index (χ1n) is 10.6. The molecular formula is C24H30N2OS. The smallest absolute Gasteiger partial charge is 0.261 e. The Labute approximate surface area is 172 Å². The monoisotopic (exact) mass is 394 g/mol. The van der Waals surface area contributed by atoms with Crippen LogP contribution in [0.5, 0.6) is 0 Å². The van der Waals surface area contributed by atoms with E-state index < -0.39 is 0 Å². The summed E-state index contributed by atoms with van der Waals surface area (Å²) in [6, 6.07) is 15.0. The Kier molecular flexibility index (Phi) is 6.61. The number of carbonyl (C=O) groups is 1. The summed E-state index contributed by atoms with van der Waals surface area (Å²) in [4.78, 5) is 15.6. The lowest BCUT2D eigenvalue weighted by atomic mass is 9.84. The van der Waals surface area contributed by atoms with E-state index in [1.54, 1.807) is 0 Å². The van der Waals surface area contributed by atoms with Gasteiger partial charge in [0.1, 0.15) is 0 Å². The van der Waals surface area contributed by atoms with E-state index in [0.717, 1.165) is 36.6 Å². The molecule has 0 unspecified atom stereocenters. The predicted molar refractivity (Wildman–Crippen MR) is 118 cm³/mol. The number of thiophene rings is 1. The number of benzene rings is 1. The second-order valence-electron chi connectivity index (χ2n) is 8.10. The Hall–Kier alpha value is -1.91. The lowest BCUT2D eigenvalue weighted by Gasteiger charge is -2.32. The highest BCUT2D eigenvalue weighted by molar-refractivity contribution is 7.12. The zero-order valence-electron chi connectivity index (χ0n) is 16.5. The van der Waals surface area contributed by atoms with E-state index in [1.807, 2.05) is 17.5 Å². The van der Waals surface area contributed by atoms with Gasteiger partial charge in [0, 0.05) is 19.1 Å². The number of nitrogens with one attached hydrogen (secondary N) is 1. The number of hydrogen-bond acceptors (Lipinski definition) is 3. The van der Waals surface area contributed by atoms with E-state index in [1.165, 1.54) is 54.8 Å². The molecule has 1 aliphatic carbocycles. The molecule has 2 aliphatic rings. The van der Waals surface area contributed by atoms with Gasteiger partial charge >= 0.3 is 0 Å². The summed E-state index contributed by atoms with van der Waals surface area (Å²) >= 11 is 1.52. The van der Waals surface area contributed by atoms with E-state index >= 15 is 0 Å². The molecular weight excluding hydrogens is 364 g/mol. The minimum absolute atomic E-state index is 0.104. The standard InChI is InChI=1S/C24H30N2OS/c27-24(23-7-4-18-28-23)25-22-10-8-19(9-11-22)12-15-26-16-13-21(14-17-26)20-5-2-1-3-6-20/h1-7,13,18-19,22H,8-12,14-17H2,(H,25,27)/t19-,22+. The molecule has 2 aromatic rings. The number of rotatable bonds is 6. The molecule has 4 rings (SSSR count). The van der Waals surface area contributed by atoms with E-state index in [2.05, 4.69) is 46.6 Å². The number of nitrogens with zero attached hydrogens (tertiary/aromatic N) is 1. The molecule has 148 valence electrons. The van der Waals surface area contributed by atoms with E-state index in [0.29, 0.717) is 6.04 Å². The molecule has 1 amide bonds. The minimum atomic E-state index is 0.104. The quantitative estimate of drug-likeness (QED) is 0.729. The molecule has 1 aliphatic heterocycles. The molecule has 0 bridgehead atoms. The molecule has 1 saturated carbocycles. The fraction of sp³-hybridized carbons (Fsp3) is 0.458. The van der Waals surface area contributed by atoms with Gasteiger partial charge in [-0.3, -0.25) is 9.69 Å². The van der Waals surface area contributed by atoms with Crippen molar-refractivity contribution in [3.05, 3.63) is 64.4 Å². The molecule has 0 atom stereocenters. The van der Waals surface area contributed by atoms with Gasteiger partial charge in [0.25, 0.3) is 5.91 Å². The first kappa shape index (κ1) is 19.4. The molecule has 0 spiro atoms. The van der Waals surface area contributed by atoms with Crippen LogP contribution in [0.1, 0.15) is 53.8 Å². The molecule has 1 aromatic carbocycles. The summed E-state index contributed by atoms with van der Waals surface area (Å²) in [7, 11) is 0. The number of hydrogen-bond donors (Lipinski definition) is 1. The first-order valence-corrected chi connectivity index (χ1v) is 11.5. The van der Waals surface area contributed by atoms with Crippen LogP contribution in [0.25, 0.3) is 5.57 Å². The van der Waals surface area contributed by atoms with Crippen LogP contribution in [-0.2, 0) is 0 Å². The van der Waals surface area contributed by atoms with Crippen molar-refractivity contribution in [3.63, 3.8) is 0 Å². The fourth-order valence-corrected chi connectivity index (χ4v) is 5.08. The van der Waals surface area contributed by atoms with Crippen LogP contribution in [0.2, 0.25) is 0 Å². The summed E-state index contributed by atoms with van der Waals surface area (Å²) in [5.74, 6) is 0.919. The fourth-order valence-electron chi connectivity index (χ4n) is 4.45. The molecule has 1 fully saturated rings. The number of carbonyl (C=O) groups excluding carboxylic acids is 1. The predicted octanol–water partition coefficient (Wildman–Crippen LogP) is 5.22. The summed E-state index contributed by atoms with van der Waals surface area (Å²) in [5.41, 5.74) is 2.88. The third-order valence-corrected chi connectivity index (χ3v) is 7.09. The Morgan fingerprint density at radius 2 is 1.89 bits per heavy atom. The molecule has 2 heterocycles. The lowest BCUT2D eigenvalue weighted by Crippen LogP contribution is -2.38. The molecule has 1 aromatic heterocycles. The van der Waals surface area contributed by atoms with Crippen molar-refractivity contribution in [3.8, 4) is 0 Å². The van der Waals surface area contributed by atoms with Crippen molar-refractivity contribution < 1.29 is 4.79 Å². The van der Waals surface area contributed by atoms with Gasteiger partial charge in [-0.2, -0.15) is 0 Å². The van der Waals surface area contributed by atoms with Gasteiger partial charge in [0.15, 0.2) is 0 Å². The van der Waals surface area contributed by atoms with E-state index in [-0.39, 0.29) is 5.91 Å². The van der Waals surface area contributed by atoms with Crippen LogP contribution >= 0.6 is 11.3 Å². The van der Waals surface area contributed by atoms with Gasteiger partial charge in [0.05, 0.1) is 4.88 Å². The van der Waals surface area contributed by atoms with Crippen LogP contribution in [-0.4, -0.2) is 36.5 Å². The highest BCUT2D eigenvalue weighted by Gasteiger charge is 2.23. The topological polar surface area (TPSA) is 32.3 Å². The summed E-state index contributed by atoms with van der Waals surface area (Å²) < 4.78 is 0. The van der Waals surface area contributed by atoms with Crippen LogP contribution < -0.4 is 5.32 Å². The van der Waals surface area contributed by atoms with Gasteiger partial charge in [-0.15, -0.1) is 11.3 Å². The lowest BCUT2D eigenvalue weighted by molar-refractivity contribution is 0.0924. The van der Waals surface area contributed by atoms with Crippen molar-refractivity contribution in [2.45, 2.75) is 44.6 Å². The second kappa shape index (κ2) is 9.53. The second-order valence-corrected chi connectivity index (χ2v) is 9.05. The maximum atomic E-state index is 12.2. The van der Waals surface area contributed by atoms with Gasteiger partial charge in [0.2, 0.25) is 0 Å². The van der Waals surface area contributed by atoms with Crippen molar-refractivity contribution in [1.29, 1.82) is 0 Å². The average Bonchev–Trinajstić information content (AvgIpc) is 3.29. The van der Waals surface area contributed by atoms with Crippen molar-refractivity contribution >= 4 is 22.8 Å². The Morgan fingerprint density at radius 1 is 1.07 bits per heavy atom. The molecule has 0 radical (unpaired) electrons. The van der Waals surface area contributed by atoms with E-state index in [4.69, 9.17) is 0 Å². The maximum absolute atomic E-state index is 12.2. The summed E-state index contributed by atoms with van der Waals surface area (Å²) in [6.07, 6.45) is 9.60. The van der Waals surface area contributed by atoms with Crippen molar-refractivity contribution in [1.82, 2.24) is 10.2 Å². The third kappa shape index (κ3) is 5.12. The van der Waals surface area contributed by atoms with Crippen LogP contribution in [0.15, 0.2) is 53.9 Å². The number of amides is 1. The molecule has 3 nitrogen and oxygen atoms in total. The van der Waals surface area contributed by atoms with Crippen LogP contribution in [0, 0.1) is 5.92 Å². The SMILES string of the molecule is O=C(N[C@H]1CC[C@@H](CCN2CC=C(c3ccccc3)CC2)CC1)c1cccs1. The Balaban J connectivity index is 1.16. The van der Waals surface area contributed by atoms with E-state index in [9.17, 15) is 4.79 Å². The van der Waals surface area contributed by atoms with Gasteiger partial charge in [-0.05, 0) is 73.6 Å². The van der Waals surface area contributed by atoms with Crippen molar-refractivity contribution in [2.24, 2.45) is 5.92 Å². The Bertz CT molecular complexity index is 776. The minimum Gasteiger partial charge on any atom is -0.349 e. The summed E-state index contributed by atoms with van der Waals surface area (Å²) in [6.45, 7) is 3.46. The van der Waals surface area contributed by atoms with Crippen LogP contribution in [0.4, 0.5) is 0 Å². The average molecular weight is 395 g/mol. The highest BCUT2D eigenvalue weighted by atomic mass is 32.1. The molecule has 0 saturated heterocycles. The largest absolute Gasteiger partial charge is 0.349 e. The molecule has 28 heavy (non-hydrogen) atoms. The van der Waals surface area contributed by atoms with Gasteiger partial charge in [-0.1, -0.05) is 42.5 Å². The van der Waals surface area contributed by atoms with Crippen molar-refractivity contribution in [2.75, 3.05) is 19.6 Å². The Morgan fingerprint density at radius 3 is 2.57 bits per heavy atom. The normalized spacial score (nSPS) is 23.2. The molecule has 1 N–H and O–H groups in total. The van der Waals surface area contributed by atoms with Gasteiger partial charge in [-0.25, -0.2) is 0 Å². The zero-order valence-corrected chi connectivity index (χ0v) is 17.3. The molecule has 4 heteroatoms. The summed E-state index contributed by atoms with van der Waals surface area (Å²) in [5, 5.41) is 5.18.